The van der Waals surface area contributed by atoms with Gasteiger partial charge in [-0.15, -0.1) is 0 Å². The lowest BCUT2D eigenvalue weighted by Gasteiger charge is -2.15. The van der Waals surface area contributed by atoms with Crippen molar-refractivity contribution < 1.29 is 24.2 Å². The van der Waals surface area contributed by atoms with Gasteiger partial charge in [-0.25, -0.2) is 9.59 Å². The van der Waals surface area contributed by atoms with E-state index in [4.69, 9.17) is 9.84 Å². The van der Waals surface area contributed by atoms with Crippen LogP contribution in [0.3, 0.4) is 0 Å². The van der Waals surface area contributed by atoms with Crippen molar-refractivity contribution in [1.82, 2.24) is 10.3 Å². The van der Waals surface area contributed by atoms with Gasteiger partial charge in [0.1, 0.15) is 12.6 Å². The van der Waals surface area contributed by atoms with Crippen molar-refractivity contribution in [2.45, 2.75) is 38.1 Å². The molecule has 0 bridgehead atoms. The Kier molecular flexibility index (Phi) is 7.40. The van der Waals surface area contributed by atoms with Crippen molar-refractivity contribution in [2.75, 3.05) is 11.9 Å². The summed E-state index contributed by atoms with van der Waals surface area (Å²) in [5.41, 5.74) is 5.47. The molecule has 2 aromatic carbocycles. The van der Waals surface area contributed by atoms with E-state index in [1.165, 1.54) is 6.20 Å². The number of anilines is 1. The number of nitrogens with one attached hydrogen (secondary N) is 2. The van der Waals surface area contributed by atoms with E-state index in [9.17, 15) is 14.4 Å². The molecule has 2 amide bonds. The summed E-state index contributed by atoms with van der Waals surface area (Å²) in [6, 6.07) is 18.5. The molecule has 8 heteroatoms. The van der Waals surface area contributed by atoms with Crippen molar-refractivity contribution in [3.8, 4) is 11.1 Å². The molecule has 35 heavy (non-hydrogen) atoms. The number of aromatic nitrogens is 1. The van der Waals surface area contributed by atoms with Gasteiger partial charge >= 0.3 is 12.1 Å². The predicted octanol–water partition coefficient (Wildman–Crippen LogP) is 4.35. The largest absolute Gasteiger partial charge is 0.480 e. The molecule has 0 radical (unpaired) electrons. The Balaban J connectivity index is 1.31. The summed E-state index contributed by atoms with van der Waals surface area (Å²) in [6.07, 6.45) is 1.79. The topological polar surface area (TPSA) is 118 Å². The van der Waals surface area contributed by atoms with Crippen LogP contribution in [-0.2, 0) is 20.7 Å². The summed E-state index contributed by atoms with van der Waals surface area (Å²) in [6.45, 7) is 2.06. The molecule has 1 heterocycles. The number of hydrogen-bond acceptors (Lipinski definition) is 5. The number of carbonyl (C=O) groups is 3. The number of benzene rings is 2. The third kappa shape index (κ3) is 5.66. The highest BCUT2D eigenvalue weighted by Gasteiger charge is 2.29. The summed E-state index contributed by atoms with van der Waals surface area (Å²) in [7, 11) is 0. The maximum atomic E-state index is 12.4. The second-order valence-electron chi connectivity index (χ2n) is 8.41. The van der Waals surface area contributed by atoms with Crippen molar-refractivity contribution in [3.63, 3.8) is 0 Å². The van der Waals surface area contributed by atoms with E-state index in [1.807, 2.05) is 31.2 Å². The molecule has 0 aliphatic heterocycles. The van der Waals surface area contributed by atoms with Gasteiger partial charge in [0.05, 0.1) is 18.3 Å². The summed E-state index contributed by atoms with van der Waals surface area (Å²) in [5, 5.41) is 14.3. The lowest BCUT2D eigenvalue weighted by atomic mass is 9.98. The van der Waals surface area contributed by atoms with E-state index >= 15 is 0 Å². The number of carboxylic acid groups (broad SMARTS) is 1. The lowest BCUT2D eigenvalue weighted by Crippen LogP contribution is -2.41. The number of ether oxygens (including phenoxy) is 1. The Morgan fingerprint density at radius 3 is 2.23 bits per heavy atom. The van der Waals surface area contributed by atoms with Crippen molar-refractivity contribution in [3.05, 3.63) is 83.7 Å². The number of rotatable bonds is 9. The van der Waals surface area contributed by atoms with Gasteiger partial charge in [0.25, 0.3) is 0 Å². The summed E-state index contributed by atoms with van der Waals surface area (Å²) < 4.78 is 5.53. The van der Waals surface area contributed by atoms with Gasteiger partial charge < -0.3 is 15.2 Å². The molecule has 0 saturated carbocycles. The molecule has 180 valence electrons. The highest BCUT2D eigenvalue weighted by molar-refractivity contribution is 5.86. The molecule has 0 unspecified atom stereocenters. The fourth-order valence-electron chi connectivity index (χ4n) is 4.31. The third-order valence-corrected chi connectivity index (χ3v) is 5.97. The first kappa shape index (κ1) is 23.9. The maximum Gasteiger partial charge on any atom is 0.411 e. The highest BCUT2D eigenvalue weighted by Crippen LogP contribution is 2.44. The van der Waals surface area contributed by atoms with Crippen LogP contribution in [0.5, 0.6) is 0 Å². The number of carboxylic acids is 1. The number of nitrogens with zero attached hydrogens (tertiary/aromatic N) is 1. The molecule has 4 rings (SSSR count). The van der Waals surface area contributed by atoms with Crippen LogP contribution in [0.15, 0.2) is 66.9 Å². The average molecular weight is 474 g/mol. The molecule has 0 saturated heterocycles. The standard InChI is InChI=1S/C27H27N3O5/c1-2-7-24(26(32)33)30-25(31)14-17-12-13-18(15-28-17)29-27(34)35-16-23-21-10-5-3-8-19(21)20-9-4-6-11-22(20)23/h3-6,8-13,15,23-24H,2,7,14,16H2,1H3,(H,29,34)(H,30,31)(H,32,33)/t24-/m0/s1. The third-order valence-electron chi connectivity index (χ3n) is 5.97. The van der Waals surface area contributed by atoms with Crippen LogP contribution in [0.25, 0.3) is 11.1 Å². The molecule has 8 nitrogen and oxygen atoms in total. The first-order chi connectivity index (χ1) is 17.0. The van der Waals surface area contributed by atoms with Crippen LogP contribution in [0.2, 0.25) is 0 Å². The number of aliphatic carboxylic acids is 1. The van der Waals surface area contributed by atoms with Crippen molar-refractivity contribution >= 4 is 23.7 Å². The Labute approximate surface area is 203 Å². The van der Waals surface area contributed by atoms with E-state index in [-0.39, 0.29) is 18.9 Å². The minimum Gasteiger partial charge on any atom is -0.480 e. The van der Waals surface area contributed by atoms with Crippen LogP contribution in [-0.4, -0.2) is 40.7 Å². The Morgan fingerprint density at radius 1 is 1.00 bits per heavy atom. The Morgan fingerprint density at radius 2 is 1.66 bits per heavy atom. The zero-order chi connectivity index (χ0) is 24.8. The number of amides is 2. The first-order valence-corrected chi connectivity index (χ1v) is 11.6. The van der Waals surface area contributed by atoms with Gasteiger partial charge in [0.15, 0.2) is 0 Å². The molecule has 1 aliphatic rings. The summed E-state index contributed by atoms with van der Waals surface area (Å²) in [5.74, 6) is -1.51. The highest BCUT2D eigenvalue weighted by atomic mass is 16.5. The van der Waals surface area contributed by atoms with E-state index in [0.29, 0.717) is 24.2 Å². The minimum absolute atomic E-state index is 0.0329. The zero-order valence-corrected chi connectivity index (χ0v) is 19.4. The van der Waals surface area contributed by atoms with Gasteiger partial charge in [-0.05, 0) is 40.8 Å². The predicted molar refractivity (Wildman–Crippen MR) is 131 cm³/mol. The van der Waals surface area contributed by atoms with Gasteiger partial charge in [0.2, 0.25) is 5.91 Å². The average Bonchev–Trinajstić information content (AvgIpc) is 3.17. The molecule has 0 spiro atoms. The second-order valence-corrected chi connectivity index (χ2v) is 8.41. The monoisotopic (exact) mass is 473 g/mol. The smallest absolute Gasteiger partial charge is 0.411 e. The quantitative estimate of drug-likeness (QED) is 0.425. The maximum absolute atomic E-state index is 12.4. The zero-order valence-electron chi connectivity index (χ0n) is 19.4. The molecule has 3 N–H and O–H groups in total. The van der Waals surface area contributed by atoms with Crippen LogP contribution >= 0.6 is 0 Å². The summed E-state index contributed by atoms with van der Waals surface area (Å²) in [4.78, 5) is 40.0. The fraction of sp³-hybridized carbons (Fsp3) is 0.259. The fourth-order valence-corrected chi connectivity index (χ4v) is 4.31. The van der Waals surface area contributed by atoms with E-state index in [1.54, 1.807) is 12.1 Å². The van der Waals surface area contributed by atoms with Gasteiger partial charge in [-0.1, -0.05) is 61.9 Å². The first-order valence-electron chi connectivity index (χ1n) is 11.6. The number of pyridine rings is 1. The summed E-state index contributed by atoms with van der Waals surface area (Å²) >= 11 is 0. The van der Waals surface area contributed by atoms with Crippen molar-refractivity contribution in [1.29, 1.82) is 0 Å². The number of fused-ring (bicyclic) bond motifs is 3. The Hall–Kier alpha value is -4.20. The molecule has 0 fully saturated rings. The van der Waals surface area contributed by atoms with E-state index in [0.717, 1.165) is 22.3 Å². The van der Waals surface area contributed by atoms with Crippen LogP contribution < -0.4 is 10.6 Å². The molecule has 1 atom stereocenters. The molecule has 1 aromatic heterocycles. The van der Waals surface area contributed by atoms with Gasteiger partial charge in [0, 0.05) is 11.6 Å². The molecular weight excluding hydrogens is 446 g/mol. The lowest BCUT2D eigenvalue weighted by molar-refractivity contribution is -0.141. The normalized spacial score (nSPS) is 12.8. The SMILES string of the molecule is CCC[C@H](NC(=O)Cc1ccc(NC(=O)OCC2c3ccccc3-c3ccccc32)cn1)C(=O)O. The van der Waals surface area contributed by atoms with Gasteiger partial charge in [-0.3, -0.25) is 15.1 Å². The van der Waals surface area contributed by atoms with Crippen molar-refractivity contribution in [2.24, 2.45) is 0 Å². The van der Waals surface area contributed by atoms with Gasteiger partial charge in [-0.2, -0.15) is 0 Å². The minimum atomic E-state index is -1.06. The second kappa shape index (κ2) is 10.8. The van der Waals surface area contributed by atoms with Crippen LogP contribution in [0, 0.1) is 0 Å². The Bertz CT molecular complexity index is 1180. The molecular formula is C27H27N3O5. The van der Waals surface area contributed by atoms with E-state index < -0.39 is 24.0 Å². The van der Waals surface area contributed by atoms with E-state index in [2.05, 4.69) is 39.9 Å². The van der Waals surface area contributed by atoms with Crippen LogP contribution in [0.4, 0.5) is 10.5 Å². The number of hydrogen-bond donors (Lipinski definition) is 3. The molecule has 3 aromatic rings. The number of carbonyl (C=O) groups excluding carboxylic acids is 2. The van der Waals surface area contributed by atoms with Crippen LogP contribution in [0.1, 0.15) is 42.5 Å². The molecule has 1 aliphatic carbocycles.